The Hall–Kier alpha value is -1.84. The van der Waals surface area contributed by atoms with Gasteiger partial charge in [-0.05, 0) is 17.4 Å². The molecule has 0 N–H and O–H groups in total. The first-order valence-electron chi connectivity index (χ1n) is 8.21. The number of rotatable bonds is 8. The lowest BCUT2D eigenvalue weighted by Gasteiger charge is -2.22. The van der Waals surface area contributed by atoms with E-state index >= 15 is 0 Å². The van der Waals surface area contributed by atoms with Crippen molar-refractivity contribution in [1.82, 2.24) is 0 Å². The van der Waals surface area contributed by atoms with Crippen LogP contribution in [0, 0.1) is 17.8 Å². The summed E-state index contributed by atoms with van der Waals surface area (Å²) in [5, 5.41) is 0. The van der Waals surface area contributed by atoms with Gasteiger partial charge in [0.25, 0.3) is 0 Å². The van der Waals surface area contributed by atoms with Gasteiger partial charge in [-0.3, -0.25) is 9.59 Å². The number of hydrogen-bond donors (Lipinski definition) is 0. The van der Waals surface area contributed by atoms with Crippen LogP contribution in [0.1, 0.15) is 46.1 Å². The zero-order chi connectivity index (χ0) is 17.4. The molecule has 0 heterocycles. The Morgan fingerprint density at radius 2 is 1.26 bits per heavy atom. The second-order valence-electron chi connectivity index (χ2n) is 6.72. The van der Waals surface area contributed by atoms with E-state index in [1.807, 2.05) is 65.0 Å². The van der Waals surface area contributed by atoms with Gasteiger partial charge in [-0.2, -0.15) is 0 Å². The Balaban J connectivity index is 2.91. The van der Waals surface area contributed by atoms with E-state index in [2.05, 4.69) is 0 Å². The summed E-state index contributed by atoms with van der Waals surface area (Å²) in [7, 11) is 0. The van der Waals surface area contributed by atoms with Gasteiger partial charge in [0, 0.05) is 5.92 Å². The third-order valence-electron chi connectivity index (χ3n) is 3.45. The predicted octanol–water partition coefficient (Wildman–Crippen LogP) is 3.80. The molecule has 1 aromatic rings. The Morgan fingerprint density at radius 3 is 1.65 bits per heavy atom. The molecule has 0 amide bonds. The van der Waals surface area contributed by atoms with Crippen LogP contribution in [0.25, 0.3) is 0 Å². The van der Waals surface area contributed by atoms with Gasteiger partial charge in [0.15, 0.2) is 5.92 Å². The highest BCUT2D eigenvalue weighted by molar-refractivity contribution is 5.96. The Labute approximate surface area is 139 Å². The van der Waals surface area contributed by atoms with Gasteiger partial charge in [0.1, 0.15) is 0 Å². The third kappa shape index (κ3) is 6.43. The van der Waals surface area contributed by atoms with Crippen molar-refractivity contribution in [1.29, 1.82) is 0 Å². The van der Waals surface area contributed by atoms with Crippen LogP contribution in [0.3, 0.4) is 0 Å². The van der Waals surface area contributed by atoms with Gasteiger partial charge in [-0.1, -0.05) is 65.0 Å². The molecule has 0 saturated carbocycles. The molecule has 1 aromatic carbocycles. The Bertz CT molecular complexity index is 469. The van der Waals surface area contributed by atoms with Crippen molar-refractivity contribution >= 4 is 11.9 Å². The van der Waals surface area contributed by atoms with Crippen LogP contribution in [0.15, 0.2) is 30.3 Å². The number of ether oxygens (including phenoxy) is 2. The maximum atomic E-state index is 12.4. The summed E-state index contributed by atoms with van der Waals surface area (Å²) in [4.78, 5) is 24.9. The molecule has 0 bridgehead atoms. The second-order valence-corrected chi connectivity index (χ2v) is 6.72. The fourth-order valence-electron chi connectivity index (χ4n) is 2.13. The SMILES string of the molecule is CC(C)COC(=O)C(C(=O)OCC(C)C)C(C)c1ccccc1. The molecule has 1 unspecified atom stereocenters. The van der Waals surface area contributed by atoms with E-state index in [1.54, 1.807) is 0 Å². The first-order chi connectivity index (χ1) is 10.8. The Morgan fingerprint density at radius 1 is 0.826 bits per heavy atom. The molecule has 1 atom stereocenters. The van der Waals surface area contributed by atoms with E-state index < -0.39 is 17.9 Å². The largest absolute Gasteiger partial charge is 0.465 e. The van der Waals surface area contributed by atoms with Crippen LogP contribution in [0.5, 0.6) is 0 Å². The molecule has 4 nitrogen and oxygen atoms in total. The number of esters is 2. The van der Waals surface area contributed by atoms with Crippen molar-refractivity contribution < 1.29 is 19.1 Å². The maximum absolute atomic E-state index is 12.4. The molecule has 128 valence electrons. The summed E-state index contributed by atoms with van der Waals surface area (Å²) >= 11 is 0. The molecule has 0 aliphatic heterocycles. The summed E-state index contributed by atoms with van der Waals surface area (Å²) in [5.41, 5.74) is 0.917. The lowest BCUT2D eigenvalue weighted by Crippen LogP contribution is -2.33. The first-order valence-corrected chi connectivity index (χ1v) is 8.21. The smallest absolute Gasteiger partial charge is 0.320 e. The predicted molar refractivity (Wildman–Crippen MR) is 89.9 cm³/mol. The van der Waals surface area contributed by atoms with Crippen LogP contribution in [-0.2, 0) is 19.1 Å². The lowest BCUT2D eigenvalue weighted by atomic mass is 9.87. The normalized spacial score (nSPS) is 12.5. The summed E-state index contributed by atoms with van der Waals surface area (Å²) in [6.07, 6.45) is 0. The summed E-state index contributed by atoms with van der Waals surface area (Å²) in [5.74, 6) is -1.81. The molecule has 1 rings (SSSR count). The molecule has 0 fully saturated rings. The minimum atomic E-state index is -0.935. The monoisotopic (exact) mass is 320 g/mol. The second kappa shape index (κ2) is 9.33. The highest BCUT2D eigenvalue weighted by Gasteiger charge is 2.36. The molecular weight excluding hydrogens is 292 g/mol. The fraction of sp³-hybridized carbons (Fsp3) is 0.579. The van der Waals surface area contributed by atoms with Gasteiger partial charge in [-0.15, -0.1) is 0 Å². The average molecular weight is 320 g/mol. The van der Waals surface area contributed by atoms with Crippen LogP contribution in [0.4, 0.5) is 0 Å². The number of hydrogen-bond acceptors (Lipinski definition) is 4. The molecule has 0 aliphatic carbocycles. The van der Waals surface area contributed by atoms with E-state index in [0.717, 1.165) is 5.56 Å². The van der Waals surface area contributed by atoms with Crippen molar-refractivity contribution in [2.24, 2.45) is 17.8 Å². The standard InChI is InChI=1S/C19H28O4/c1-13(2)11-22-18(20)17(19(21)23-12-14(3)4)15(5)16-9-7-6-8-10-16/h6-10,13-15,17H,11-12H2,1-5H3. The number of carbonyl (C=O) groups is 2. The molecule has 0 aromatic heterocycles. The topological polar surface area (TPSA) is 52.6 Å². The van der Waals surface area contributed by atoms with E-state index in [0.29, 0.717) is 13.2 Å². The minimum absolute atomic E-state index is 0.221. The van der Waals surface area contributed by atoms with Gasteiger partial charge < -0.3 is 9.47 Å². The number of carbonyl (C=O) groups excluding carboxylic acids is 2. The van der Waals surface area contributed by atoms with Crippen LogP contribution in [0.2, 0.25) is 0 Å². The summed E-state index contributed by atoms with van der Waals surface area (Å²) in [6, 6.07) is 9.50. The molecular formula is C19H28O4. The molecule has 0 aliphatic rings. The molecule has 4 heteroatoms. The quantitative estimate of drug-likeness (QED) is 0.540. The van der Waals surface area contributed by atoms with Crippen LogP contribution < -0.4 is 0 Å². The van der Waals surface area contributed by atoms with Gasteiger partial charge in [0.2, 0.25) is 0 Å². The van der Waals surface area contributed by atoms with E-state index in [-0.39, 0.29) is 17.8 Å². The summed E-state index contributed by atoms with van der Waals surface area (Å²) < 4.78 is 10.6. The molecule has 0 radical (unpaired) electrons. The van der Waals surface area contributed by atoms with Gasteiger partial charge >= 0.3 is 11.9 Å². The zero-order valence-corrected chi connectivity index (χ0v) is 14.7. The van der Waals surface area contributed by atoms with E-state index in [4.69, 9.17) is 9.47 Å². The fourth-order valence-corrected chi connectivity index (χ4v) is 2.13. The van der Waals surface area contributed by atoms with Crippen molar-refractivity contribution in [3.63, 3.8) is 0 Å². The molecule has 23 heavy (non-hydrogen) atoms. The lowest BCUT2D eigenvalue weighted by molar-refractivity contribution is -0.164. The van der Waals surface area contributed by atoms with Crippen molar-refractivity contribution in [2.75, 3.05) is 13.2 Å². The van der Waals surface area contributed by atoms with Gasteiger partial charge in [-0.25, -0.2) is 0 Å². The van der Waals surface area contributed by atoms with Gasteiger partial charge in [0.05, 0.1) is 13.2 Å². The highest BCUT2D eigenvalue weighted by atomic mass is 16.6. The van der Waals surface area contributed by atoms with Crippen molar-refractivity contribution in [3.8, 4) is 0 Å². The van der Waals surface area contributed by atoms with Crippen molar-refractivity contribution in [2.45, 2.75) is 40.5 Å². The molecule has 0 saturated heterocycles. The highest BCUT2D eigenvalue weighted by Crippen LogP contribution is 2.27. The van der Waals surface area contributed by atoms with E-state index in [9.17, 15) is 9.59 Å². The number of benzene rings is 1. The maximum Gasteiger partial charge on any atom is 0.320 e. The van der Waals surface area contributed by atoms with E-state index in [1.165, 1.54) is 0 Å². The zero-order valence-electron chi connectivity index (χ0n) is 14.7. The first kappa shape index (κ1) is 19.2. The van der Waals surface area contributed by atoms with Crippen LogP contribution in [-0.4, -0.2) is 25.2 Å². The summed E-state index contributed by atoms with van der Waals surface area (Å²) in [6.45, 7) is 10.3. The Kier molecular flexibility index (Phi) is 7.79. The molecule has 0 spiro atoms. The minimum Gasteiger partial charge on any atom is -0.465 e. The van der Waals surface area contributed by atoms with Crippen molar-refractivity contribution in [3.05, 3.63) is 35.9 Å². The average Bonchev–Trinajstić information content (AvgIpc) is 2.51. The third-order valence-corrected chi connectivity index (χ3v) is 3.45. The van der Waals surface area contributed by atoms with Crippen LogP contribution >= 0.6 is 0 Å².